The number of nitriles is 1. The topological polar surface area (TPSA) is 74.0 Å². The first-order valence-electron chi connectivity index (χ1n) is 4.98. The molecule has 1 aromatic rings. The fourth-order valence-electron chi connectivity index (χ4n) is 2.02. The molecule has 1 N–H and O–H groups in total. The molecule has 1 fully saturated rings. The number of carbonyl (C=O) groups is 1. The van der Waals surface area contributed by atoms with E-state index in [1.165, 1.54) is 0 Å². The molecule has 6 nitrogen and oxygen atoms in total. The highest BCUT2D eigenvalue weighted by Crippen LogP contribution is 2.19. The summed E-state index contributed by atoms with van der Waals surface area (Å²) in [6.07, 6.45) is 3.72. The van der Waals surface area contributed by atoms with E-state index in [4.69, 9.17) is 5.26 Å². The lowest BCUT2D eigenvalue weighted by atomic mass is 10.2. The van der Waals surface area contributed by atoms with E-state index in [2.05, 4.69) is 10.4 Å². The Bertz CT molecular complexity index is 524. The second-order valence-electron chi connectivity index (χ2n) is 3.85. The summed E-state index contributed by atoms with van der Waals surface area (Å²) in [4.78, 5) is 13.1. The Morgan fingerprint density at radius 2 is 2.50 bits per heavy atom. The van der Waals surface area contributed by atoms with E-state index < -0.39 is 0 Å². The van der Waals surface area contributed by atoms with Gasteiger partial charge in [0.2, 0.25) is 0 Å². The third kappa shape index (κ3) is 1.26. The highest BCUT2D eigenvalue weighted by molar-refractivity contribution is 5.80. The van der Waals surface area contributed by atoms with Crippen molar-refractivity contribution in [3.63, 3.8) is 0 Å². The number of fused-ring (bicyclic) bond motifs is 2. The number of amides is 2. The van der Waals surface area contributed by atoms with Crippen LogP contribution in [0.1, 0.15) is 5.69 Å². The molecular formula is C10H9N5O. The number of urea groups is 1. The van der Waals surface area contributed by atoms with Crippen LogP contribution in [0.3, 0.4) is 0 Å². The first-order chi connectivity index (χ1) is 7.76. The SMILES string of the molecule is N#Cc1ccn(C2=CC3CN(C2)C(=O)N3)n1. The van der Waals surface area contributed by atoms with Crippen LogP contribution in [0.25, 0.3) is 5.70 Å². The molecule has 3 rings (SSSR count). The van der Waals surface area contributed by atoms with Crippen molar-refractivity contribution >= 4 is 11.7 Å². The van der Waals surface area contributed by atoms with E-state index >= 15 is 0 Å². The fraction of sp³-hybridized carbons (Fsp3) is 0.300. The van der Waals surface area contributed by atoms with Crippen molar-refractivity contribution in [2.24, 2.45) is 0 Å². The maximum atomic E-state index is 11.4. The summed E-state index contributed by atoms with van der Waals surface area (Å²) >= 11 is 0. The molecule has 2 bridgehead atoms. The number of nitrogens with one attached hydrogen (secondary N) is 1. The van der Waals surface area contributed by atoms with Crippen LogP contribution >= 0.6 is 0 Å². The minimum Gasteiger partial charge on any atom is -0.330 e. The van der Waals surface area contributed by atoms with Crippen molar-refractivity contribution < 1.29 is 4.79 Å². The van der Waals surface area contributed by atoms with Crippen molar-refractivity contribution in [3.05, 3.63) is 24.0 Å². The van der Waals surface area contributed by atoms with E-state index in [1.807, 2.05) is 12.1 Å². The number of hydrogen-bond donors (Lipinski definition) is 1. The summed E-state index contributed by atoms with van der Waals surface area (Å²) < 4.78 is 1.65. The van der Waals surface area contributed by atoms with Gasteiger partial charge in [-0.3, -0.25) is 0 Å². The first kappa shape index (κ1) is 8.97. The van der Waals surface area contributed by atoms with Crippen molar-refractivity contribution in [3.8, 4) is 6.07 Å². The van der Waals surface area contributed by atoms with Gasteiger partial charge in [0.25, 0.3) is 0 Å². The molecule has 2 aliphatic heterocycles. The molecule has 1 saturated heterocycles. The molecule has 6 heteroatoms. The Morgan fingerprint density at radius 1 is 1.62 bits per heavy atom. The summed E-state index contributed by atoms with van der Waals surface area (Å²) in [6, 6.07) is 3.66. The second-order valence-corrected chi connectivity index (χ2v) is 3.85. The monoisotopic (exact) mass is 215 g/mol. The zero-order valence-electron chi connectivity index (χ0n) is 8.42. The van der Waals surface area contributed by atoms with Crippen molar-refractivity contribution in [1.82, 2.24) is 20.0 Å². The van der Waals surface area contributed by atoms with Gasteiger partial charge in [-0.2, -0.15) is 10.4 Å². The van der Waals surface area contributed by atoms with Crippen LogP contribution in [0, 0.1) is 11.3 Å². The van der Waals surface area contributed by atoms with Gasteiger partial charge in [-0.15, -0.1) is 0 Å². The summed E-state index contributed by atoms with van der Waals surface area (Å²) in [5, 5.41) is 15.6. The predicted octanol–water partition coefficient (Wildman–Crippen LogP) is 0.00308. The van der Waals surface area contributed by atoms with E-state index in [9.17, 15) is 4.79 Å². The molecule has 0 aromatic carbocycles. The third-order valence-corrected chi connectivity index (χ3v) is 2.76. The van der Waals surface area contributed by atoms with E-state index in [0.717, 1.165) is 5.70 Å². The molecule has 3 heterocycles. The van der Waals surface area contributed by atoms with E-state index in [0.29, 0.717) is 18.8 Å². The largest absolute Gasteiger partial charge is 0.330 e. The minimum absolute atomic E-state index is 0.0380. The highest BCUT2D eigenvalue weighted by atomic mass is 16.2. The number of hydrogen-bond acceptors (Lipinski definition) is 3. The van der Waals surface area contributed by atoms with Crippen LogP contribution in [0.5, 0.6) is 0 Å². The summed E-state index contributed by atoms with van der Waals surface area (Å²) in [7, 11) is 0. The molecule has 16 heavy (non-hydrogen) atoms. The van der Waals surface area contributed by atoms with Gasteiger partial charge in [-0.05, 0) is 12.1 Å². The molecule has 0 aliphatic carbocycles. The maximum absolute atomic E-state index is 11.4. The fourth-order valence-corrected chi connectivity index (χ4v) is 2.02. The minimum atomic E-state index is -0.0380. The summed E-state index contributed by atoms with van der Waals surface area (Å²) in [5.41, 5.74) is 1.31. The Hall–Kier alpha value is -2.29. The summed E-state index contributed by atoms with van der Waals surface area (Å²) in [5.74, 6) is 0. The lowest BCUT2D eigenvalue weighted by Gasteiger charge is -2.20. The molecule has 0 spiro atoms. The van der Waals surface area contributed by atoms with Gasteiger partial charge in [0.05, 0.1) is 18.3 Å². The van der Waals surface area contributed by atoms with Gasteiger partial charge in [0.15, 0.2) is 5.69 Å². The standard InChI is InChI=1S/C10H9N5O/c11-4-7-1-2-15(13-7)9-3-8-5-14(6-9)10(16)12-8/h1-3,8H,5-6H2,(H,12,16). The van der Waals surface area contributed by atoms with Gasteiger partial charge in [0.1, 0.15) is 6.07 Å². The van der Waals surface area contributed by atoms with Crippen LogP contribution in [-0.2, 0) is 0 Å². The molecule has 2 amide bonds. The number of nitrogens with zero attached hydrogens (tertiary/aromatic N) is 4. The van der Waals surface area contributed by atoms with Crippen molar-refractivity contribution in [2.75, 3.05) is 13.1 Å². The average Bonchev–Trinajstić information content (AvgIpc) is 2.85. The predicted molar refractivity (Wildman–Crippen MR) is 55.1 cm³/mol. The number of carbonyl (C=O) groups excluding carboxylic acids is 1. The van der Waals surface area contributed by atoms with E-state index in [1.54, 1.807) is 21.8 Å². The number of aromatic nitrogens is 2. The van der Waals surface area contributed by atoms with Crippen LogP contribution in [0.2, 0.25) is 0 Å². The van der Waals surface area contributed by atoms with Crippen molar-refractivity contribution in [1.29, 1.82) is 5.26 Å². The van der Waals surface area contributed by atoms with Gasteiger partial charge in [0, 0.05) is 12.7 Å². The van der Waals surface area contributed by atoms with Crippen LogP contribution in [0.4, 0.5) is 4.79 Å². The zero-order valence-corrected chi connectivity index (χ0v) is 8.42. The summed E-state index contributed by atoms with van der Waals surface area (Å²) in [6.45, 7) is 1.25. The quantitative estimate of drug-likeness (QED) is 0.716. The van der Waals surface area contributed by atoms with Crippen LogP contribution in [-0.4, -0.2) is 39.8 Å². The van der Waals surface area contributed by atoms with Gasteiger partial charge < -0.3 is 10.2 Å². The smallest absolute Gasteiger partial charge is 0.318 e. The molecule has 1 unspecified atom stereocenters. The van der Waals surface area contributed by atoms with Crippen LogP contribution in [0.15, 0.2) is 18.3 Å². The third-order valence-electron chi connectivity index (χ3n) is 2.76. The Labute approximate surface area is 91.8 Å². The average molecular weight is 215 g/mol. The molecule has 2 aliphatic rings. The second kappa shape index (κ2) is 3.10. The molecule has 1 atom stereocenters. The lowest BCUT2D eigenvalue weighted by Crippen LogP contribution is -2.31. The Kier molecular flexibility index (Phi) is 1.74. The van der Waals surface area contributed by atoms with E-state index in [-0.39, 0.29) is 12.1 Å². The Balaban J connectivity index is 1.92. The van der Waals surface area contributed by atoms with Gasteiger partial charge >= 0.3 is 6.03 Å². The highest BCUT2D eigenvalue weighted by Gasteiger charge is 2.32. The van der Waals surface area contributed by atoms with Crippen LogP contribution < -0.4 is 5.32 Å². The lowest BCUT2D eigenvalue weighted by molar-refractivity contribution is 0.222. The molecule has 80 valence electrons. The normalized spacial score (nSPS) is 22.7. The molecular weight excluding hydrogens is 206 g/mol. The molecule has 1 aromatic heterocycles. The first-order valence-corrected chi connectivity index (χ1v) is 4.98. The maximum Gasteiger partial charge on any atom is 0.318 e. The van der Waals surface area contributed by atoms with Gasteiger partial charge in [-0.25, -0.2) is 9.48 Å². The molecule has 0 saturated carbocycles. The Morgan fingerprint density at radius 3 is 3.19 bits per heavy atom. The van der Waals surface area contributed by atoms with Crippen molar-refractivity contribution in [2.45, 2.75) is 6.04 Å². The van der Waals surface area contributed by atoms with Gasteiger partial charge in [-0.1, -0.05) is 0 Å². The molecule has 0 radical (unpaired) electrons. The number of rotatable bonds is 1. The zero-order chi connectivity index (χ0) is 11.1.